The fraction of sp³-hybridized carbons (Fsp3) is 0.0192. The van der Waals surface area contributed by atoms with Crippen molar-refractivity contribution < 1.29 is 9.15 Å². The molecule has 0 bridgehead atoms. The van der Waals surface area contributed by atoms with E-state index in [1.807, 2.05) is 72.8 Å². The third-order valence-electron chi connectivity index (χ3n) is 11.6. The lowest BCUT2D eigenvalue weighted by Crippen LogP contribution is -2.32. The maximum atomic E-state index is 7.04. The van der Waals surface area contributed by atoms with Crippen molar-refractivity contribution in [3.63, 3.8) is 0 Å². The quantitative estimate of drug-likeness (QED) is 0.180. The second kappa shape index (κ2) is 12.2. The molecule has 1 aliphatic heterocycles. The van der Waals surface area contributed by atoms with Crippen LogP contribution in [0.4, 0.5) is 0 Å². The van der Waals surface area contributed by atoms with E-state index in [0.29, 0.717) is 17.5 Å². The molecule has 266 valence electrons. The molecule has 12 rings (SSSR count). The molecule has 57 heavy (non-hydrogen) atoms. The van der Waals surface area contributed by atoms with E-state index in [1.165, 1.54) is 22.3 Å². The first-order chi connectivity index (χ1) is 28.3. The topological polar surface area (TPSA) is 61.0 Å². The summed E-state index contributed by atoms with van der Waals surface area (Å²) in [5.41, 5.74) is 13.1. The van der Waals surface area contributed by atoms with Crippen LogP contribution < -0.4 is 4.74 Å². The SMILES string of the molecule is c1ccc(-c2nc(-c3ccccc3)nc(-c3ccc4c(c3)oc3cccc(-c5cccc6c5Oc5ccccc5C65c6ccccc6-c6ccccc65)c34)n2)cc1. The van der Waals surface area contributed by atoms with Gasteiger partial charge in [0.15, 0.2) is 17.5 Å². The highest BCUT2D eigenvalue weighted by Gasteiger charge is 2.51. The Balaban J connectivity index is 1.05. The number of aromatic nitrogens is 3. The first-order valence-corrected chi connectivity index (χ1v) is 19.2. The summed E-state index contributed by atoms with van der Waals surface area (Å²) in [6.45, 7) is 0. The minimum atomic E-state index is -0.545. The summed E-state index contributed by atoms with van der Waals surface area (Å²) in [4.78, 5) is 14.8. The Labute approximate surface area is 328 Å². The van der Waals surface area contributed by atoms with Crippen LogP contribution in [0.1, 0.15) is 22.3 Å². The molecule has 3 heterocycles. The van der Waals surface area contributed by atoms with Crippen LogP contribution in [0, 0.1) is 0 Å². The van der Waals surface area contributed by atoms with Gasteiger partial charge >= 0.3 is 0 Å². The smallest absolute Gasteiger partial charge is 0.164 e. The van der Waals surface area contributed by atoms with E-state index in [1.54, 1.807) is 0 Å². The number of ether oxygens (including phenoxy) is 1. The van der Waals surface area contributed by atoms with Gasteiger partial charge in [0.25, 0.3) is 0 Å². The minimum absolute atomic E-state index is 0.545. The number of furan rings is 1. The molecular formula is C52H31N3O2. The van der Waals surface area contributed by atoms with Gasteiger partial charge in [0, 0.05) is 44.2 Å². The van der Waals surface area contributed by atoms with Gasteiger partial charge in [0.2, 0.25) is 0 Å². The number of fused-ring (bicyclic) bond motifs is 12. The van der Waals surface area contributed by atoms with Gasteiger partial charge in [-0.3, -0.25) is 0 Å². The van der Waals surface area contributed by atoms with Gasteiger partial charge in [-0.2, -0.15) is 0 Å². The Morgan fingerprint density at radius 1 is 0.368 bits per heavy atom. The second-order valence-electron chi connectivity index (χ2n) is 14.7. The van der Waals surface area contributed by atoms with E-state index in [-0.39, 0.29) is 0 Å². The van der Waals surface area contributed by atoms with Gasteiger partial charge in [-0.15, -0.1) is 0 Å². The van der Waals surface area contributed by atoms with Gasteiger partial charge < -0.3 is 9.15 Å². The Bertz CT molecular complexity index is 3120. The van der Waals surface area contributed by atoms with Crippen molar-refractivity contribution in [2.45, 2.75) is 5.41 Å². The fourth-order valence-electron chi connectivity index (χ4n) is 9.22. The number of nitrogens with zero attached hydrogens (tertiary/aromatic N) is 3. The van der Waals surface area contributed by atoms with Crippen LogP contribution in [0.2, 0.25) is 0 Å². The van der Waals surface area contributed by atoms with Crippen molar-refractivity contribution in [2.75, 3.05) is 0 Å². The Kier molecular flexibility index (Phi) is 6.78. The van der Waals surface area contributed by atoms with Crippen molar-refractivity contribution in [1.82, 2.24) is 15.0 Å². The summed E-state index contributed by atoms with van der Waals surface area (Å²) >= 11 is 0. The molecule has 5 nitrogen and oxygen atoms in total. The molecule has 0 amide bonds. The zero-order valence-electron chi connectivity index (χ0n) is 30.6. The standard InChI is InChI=1S/C52H31N3O2/c1-3-15-32(16-4-1)49-53-50(33-17-5-2-6-18-33)55-51(54-49)34-29-30-39-46(31-34)56-45-28-14-21-37(47(39)45)38-22-13-26-43-48(38)57-44-27-12-11-25-42(44)52(43)40-23-9-7-19-35(40)36-20-8-10-24-41(36)52/h1-31H. The maximum absolute atomic E-state index is 7.04. The summed E-state index contributed by atoms with van der Waals surface area (Å²) in [7, 11) is 0. The average Bonchev–Trinajstić information content (AvgIpc) is 3.81. The summed E-state index contributed by atoms with van der Waals surface area (Å²) in [6.07, 6.45) is 0. The number of hydrogen-bond donors (Lipinski definition) is 0. The van der Waals surface area contributed by atoms with Crippen LogP contribution in [-0.4, -0.2) is 15.0 Å². The Morgan fingerprint density at radius 2 is 0.895 bits per heavy atom. The molecule has 0 saturated carbocycles. The van der Waals surface area contributed by atoms with Crippen LogP contribution in [0.3, 0.4) is 0 Å². The van der Waals surface area contributed by atoms with Crippen LogP contribution in [0.15, 0.2) is 192 Å². The van der Waals surface area contributed by atoms with Gasteiger partial charge in [0.1, 0.15) is 22.7 Å². The first kappa shape index (κ1) is 31.7. The summed E-state index contributed by atoms with van der Waals surface area (Å²) in [6, 6.07) is 65.4. The van der Waals surface area contributed by atoms with Gasteiger partial charge in [-0.05, 0) is 52.1 Å². The van der Waals surface area contributed by atoms with Gasteiger partial charge in [-0.1, -0.05) is 164 Å². The molecule has 5 heteroatoms. The highest BCUT2D eigenvalue weighted by Crippen LogP contribution is 2.63. The summed E-state index contributed by atoms with van der Waals surface area (Å²) < 4.78 is 13.7. The minimum Gasteiger partial charge on any atom is -0.456 e. The fourth-order valence-corrected chi connectivity index (χ4v) is 9.22. The third kappa shape index (κ3) is 4.60. The van der Waals surface area contributed by atoms with Gasteiger partial charge in [-0.25, -0.2) is 15.0 Å². The van der Waals surface area contributed by atoms with E-state index in [9.17, 15) is 0 Å². The molecule has 1 aliphatic carbocycles. The zero-order chi connectivity index (χ0) is 37.5. The van der Waals surface area contributed by atoms with Crippen molar-refractivity contribution in [1.29, 1.82) is 0 Å². The number of rotatable bonds is 4. The molecule has 0 saturated heterocycles. The van der Waals surface area contributed by atoms with E-state index >= 15 is 0 Å². The molecule has 0 N–H and O–H groups in total. The maximum Gasteiger partial charge on any atom is 0.164 e. The lowest BCUT2D eigenvalue weighted by Gasteiger charge is -2.40. The number of para-hydroxylation sites is 2. The second-order valence-corrected chi connectivity index (χ2v) is 14.7. The van der Waals surface area contributed by atoms with Crippen LogP contribution in [0.25, 0.3) is 78.4 Å². The Hall–Kier alpha value is -7.63. The zero-order valence-corrected chi connectivity index (χ0v) is 30.6. The highest BCUT2D eigenvalue weighted by atomic mass is 16.5. The van der Waals surface area contributed by atoms with Crippen molar-refractivity contribution in [2.24, 2.45) is 0 Å². The molecule has 0 radical (unpaired) electrons. The molecule has 2 aliphatic rings. The predicted octanol–water partition coefficient (Wildman–Crippen LogP) is 12.9. The van der Waals surface area contributed by atoms with Crippen LogP contribution >= 0.6 is 0 Å². The van der Waals surface area contributed by atoms with Gasteiger partial charge in [0.05, 0.1) is 5.41 Å². The summed E-state index contributed by atoms with van der Waals surface area (Å²) in [5.74, 6) is 3.53. The molecule has 0 unspecified atom stereocenters. The third-order valence-corrected chi connectivity index (χ3v) is 11.6. The lowest BCUT2D eigenvalue weighted by atomic mass is 9.65. The molecule has 10 aromatic rings. The highest BCUT2D eigenvalue weighted by molar-refractivity contribution is 6.13. The van der Waals surface area contributed by atoms with Crippen molar-refractivity contribution in [3.8, 4) is 67.9 Å². The lowest BCUT2D eigenvalue weighted by molar-refractivity contribution is 0.438. The summed E-state index contributed by atoms with van der Waals surface area (Å²) in [5, 5.41) is 2.03. The first-order valence-electron chi connectivity index (χ1n) is 19.2. The Morgan fingerprint density at radius 3 is 1.58 bits per heavy atom. The molecular weight excluding hydrogens is 699 g/mol. The molecule has 2 aromatic heterocycles. The van der Waals surface area contributed by atoms with Crippen molar-refractivity contribution in [3.05, 3.63) is 210 Å². The largest absolute Gasteiger partial charge is 0.456 e. The molecule has 1 spiro atoms. The van der Waals surface area contributed by atoms with Crippen LogP contribution in [0.5, 0.6) is 11.5 Å². The van der Waals surface area contributed by atoms with E-state index in [4.69, 9.17) is 24.1 Å². The average molecular weight is 730 g/mol. The molecule has 0 atom stereocenters. The monoisotopic (exact) mass is 729 g/mol. The molecule has 8 aromatic carbocycles. The predicted molar refractivity (Wildman–Crippen MR) is 226 cm³/mol. The van der Waals surface area contributed by atoms with E-state index < -0.39 is 5.41 Å². The molecule has 0 fully saturated rings. The van der Waals surface area contributed by atoms with E-state index in [2.05, 4.69) is 115 Å². The van der Waals surface area contributed by atoms with E-state index in [0.717, 1.165) is 72.4 Å². The van der Waals surface area contributed by atoms with Crippen LogP contribution in [-0.2, 0) is 5.41 Å². The number of hydrogen-bond acceptors (Lipinski definition) is 5. The normalized spacial score (nSPS) is 13.2. The van der Waals surface area contributed by atoms with Crippen molar-refractivity contribution >= 4 is 21.9 Å². The number of benzene rings is 8.